The zero-order valence-corrected chi connectivity index (χ0v) is 8.45. The molecule has 1 N–H and O–H groups in total. The predicted octanol–water partition coefficient (Wildman–Crippen LogP) is 1.36. The Morgan fingerprint density at radius 2 is 2.00 bits per heavy atom. The number of hydrogen-bond donors (Lipinski definition) is 1. The summed E-state index contributed by atoms with van der Waals surface area (Å²) in [6.07, 6.45) is 0. The Morgan fingerprint density at radius 1 is 1.27 bits per heavy atom. The normalized spacial score (nSPS) is 17.9. The van der Waals surface area contributed by atoms with Gasteiger partial charge >= 0.3 is 0 Å². The molecule has 3 nitrogen and oxygen atoms in total. The highest BCUT2D eigenvalue weighted by atomic mass is 19.1. The van der Waals surface area contributed by atoms with E-state index in [-0.39, 0.29) is 5.75 Å². The molecule has 0 aromatic heterocycles. The summed E-state index contributed by atoms with van der Waals surface area (Å²) in [7, 11) is 0. The molecular weight excluding hydrogens is 197 g/mol. The van der Waals surface area contributed by atoms with Gasteiger partial charge in [-0.15, -0.1) is 0 Å². The van der Waals surface area contributed by atoms with Gasteiger partial charge in [0.25, 0.3) is 0 Å². The average molecular weight is 211 g/mol. The molecule has 82 valence electrons. The van der Waals surface area contributed by atoms with E-state index in [1.807, 2.05) is 0 Å². The maximum atomic E-state index is 13.0. The third-order valence-corrected chi connectivity index (χ3v) is 2.45. The van der Waals surface area contributed by atoms with E-state index in [1.54, 1.807) is 6.07 Å². The van der Waals surface area contributed by atoms with Crippen molar-refractivity contribution in [1.82, 2.24) is 4.90 Å². The van der Waals surface area contributed by atoms with Crippen LogP contribution < -0.4 is 0 Å². The highest BCUT2D eigenvalue weighted by Crippen LogP contribution is 2.16. The summed E-state index contributed by atoms with van der Waals surface area (Å²) < 4.78 is 18.2. The van der Waals surface area contributed by atoms with Crippen LogP contribution in [0.4, 0.5) is 4.39 Å². The van der Waals surface area contributed by atoms with Gasteiger partial charge in [0.1, 0.15) is 11.6 Å². The summed E-state index contributed by atoms with van der Waals surface area (Å²) in [5, 5.41) is 9.24. The van der Waals surface area contributed by atoms with Gasteiger partial charge in [0.05, 0.1) is 13.2 Å². The molecule has 0 bridgehead atoms. The monoisotopic (exact) mass is 211 g/mol. The topological polar surface area (TPSA) is 32.7 Å². The van der Waals surface area contributed by atoms with E-state index in [9.17, 15) is 9.50 Å². The van der Waals surface area contributed by atoms with E-state index in [2.05, 4.69) is 4.90 Å². The SMILES string of the molecule is Oc1cc(F)cc(CN2CCOCC2)c1. The lowest BCUT2D eigenvalue weighted by molar-refractivity contribution is 0.0341. The first-order valence-corrected chi connectivity index (χ1v) is 5.02. The summed E-state index contributed by atoms with van der Waals surface area (Å²) in [5.74, 6) is -0.406. The molecule has 1 heterocycles. The van der Waals surface area contributed by atoms with Crippen LogP contribution in [0.2, 0.25) is 0 Å². The Kier molecular flexibility index (Phi) is 3.18. The van der Waals surface area contributed by atoms with Crippen LogP contribution >= 0.6 is 0 Å². The summed E-state index contributed by atoms with van der Waals surface area (Å²) in [5.41, 5.74) is 0.800. The smallest absolute Gasteiger partial charge is 0.127 e. The maximum absolute atomic E-state index is 13.0. The van der Waals surface area contributed by atoms with Gasteiger partial charge in [-0.3, -0.25) is 4.90 Å². The molecule has 0 atom stereocenters. The number of benzene rings is 1. The largest absolute Gasteiger partial charge is 0.508 e. The second-order valence-electron chi connectivity index (χ2n) is 3.71. The van der Waals surface area contributed by atoms with E-state index in [1.165, 1.54) is 6.07 Å². The van der Waals surface area contributed by atoms with E-state index in [4.69, 9.17) is 4.74 Å². The van der Waals surface area contributed by atoms with Gasteiger partial charge < -0.3 is 9.84 Å². The standard InChI is InChI=1S/C11H14FNO2/c12-10-5-9(6-11(14)7-10)8-13-1-3-15-4-2-13/h5-7,14H,1-4,8H2. The van der Waals surface area contributed by atoms with Crippen molar-refractivity contribution in [3.63, 3.8) is 0 Å². The second kappa shape index (κ2) is 4.59. The Morgan fingerprint density at radius 3 is 2.67 bits per heavy atom. The number of rotatable bonds is 2. The first-order valence-electron chi connectivity index (χ1n) is 5.02. The van der Waals surface area contributed by atoms with Crippen molar-refractivity contribution in [3.05, 3.63) is 29.6 Å². The highest BCUT2D eigenvalue weighted by molar-refractivity contribution is 5.28. The summed E-state index contributed by atoms with van der Waals surface area (Å²) >= 11 is 0. The minimum Gasteiger partial charge on any atom is -0.508 e. The molecule has 2 rings (SSSR count). The van der Waals surface area contributed by atoms with Crippen LogP contribution in [-0.2, 0) is 11.3 Å². The van der Waals surface area contributed by atoms with Gasteiger partial charge in [-0.05, 0) is 17.7 Å². The van der Waals surface area contributed by atoms with E-state index < -0.39 is 5.82 Å². The lowest BCUT2D eigenvalue weighted by Gasteiger charge is -2.26. The molecule has 1 aromatic carbocycles. The van der Waals surface area contributed by atoms with Crippen molar-refractivity contribution in [2.24, 2.45) is 0 Å². The molecule has 1 saturated heterocycles. The molecule has 0 saturated carbocycles. The maximum Gasteiger partial charge on any atom is 0.127 e. The molecule has 0 aliphatic carbocycles. The lowest BCUT2D eigenvalue weighted by Crippen LogP contribution is -2.35. The predicted molar refractivity (Wildman–Crippen MR) is 54.2 cm³/mol. The van der Waals surface area contributed by atoms with E-state index in [0.717, 1.165) is 37.9 Å². The molecule has 4 heteroatoms. The van der Waals surface area contributed by atoms with Crippen LogP contribution in [0.25, 0.3) is 0 Å². The van der Waals surface area contributed by atoms with Crippen molar-refractivity contribution >= 4 is 0 Å². The van der Waals surface area contributed by atoms with Gasteiger partial charge in [0.2, 0.25) is 0 Å². The Bertz CT molecular complexity index is 317. The number of phenols is 1. The van der Waals surface area contributed by atoms with Crippen molar-refractivity contribution in [3.8, 4) is 5.75 Å². The Hall–Kier alpha value is -1.13. The molecule has 0 spiro atoms. The molecule has 0 unspecified atom stereocenters. The zero-order valence-electron chi connectivity index (χ0n) is 8.45. The number of nitrogens with zero attached hydrogens (tertiary/aromatic N) is 1. The van der Waals surface area contributed by atoms with Crippen LogP contribution in [0.5, 0.6) is 5.75 Å². The number of halogens is 1. The average Bonchev–Trinajstić information content (AvgIpc) is 2.17. The van der Waals surface area contributed by atoms with Gasteiger partial charge in [-0.2, -0.15) is 0 Å². The van der Waals surface area contributed by atoms with Gasteiger partial charge in [0, 0.05) is 25.7 Å². The fourth-order valence-corrected chi connectivity index (χ4v) is 1.74. The van der Waals surface area contributed by atoms with Gasteiger partial charge in [-0.25, -0.2) is 4.39 Å². The summed E-state index contributed by atoms with van der Waals surface area (Å²) in [4.78, 5) is 2.18. The molecule has 1 fully saturated rings. The van der Waals surface area contributed by atoms with Crippen LogP contribution in [0, 0.1) is 5.82 Å². The second-order valence-corrected chi connectivity index (χ2v) is 3.71. The number of ether oxygens (including phenoxy) is 1. The molecular formula is C11H14FNO2. The lowest BCUT2D eigenvalue weighted by atomic mass is 10.2. The third kappa shape index (κ3) is 2.91. The number of hydrogen-bond acceptors (Lipinski definition) is 3. The minimum absolute atomic E-state index is 0.0155. The number of aromatic hydroxyl groups is 1. The van der Waals surface area contributed by atoms with E-state index in [0.29, 0.717) is 6.54 Å². The number of phenolic OH excluding ortho intramolecular Hbond substituents is 1. The zero-order chi connectivity index (χ0) is 10.7. The fraction of sp³-hybridized carbons (Fsp3) is 0.455. The first kappa shape index (κ1) is 10.4. The molecule has 15 heavy (non-hydrogen) atoms. The molecule has 1 aliphatic rings. The molecule has 1 aromatic rings. The molecule has 0 radical (unpaired) electrons. The van der Waals surface area contributed by atoms with Gasteiger partial charge in [0.15, 0.2) is 0 Å². The molecule has 0 amide bonds. The van der Waals surface area contributed by atoms with Crippen molar-refractivity contribution < 1.29 is 14.2 Å². The number of morpholine rings is 1. The Labute approximate surface area is 88.1 Å². The van der Waals surface area contributed by atoms with Crippen molar-refractivity contribution in [2.45, 2.75) is 6.54 Å². The van der Waals surface area contributed by atoms with Crippen molar-refractivity contribution in [2.75, 3.05) is 26.3 Å². The van der Waals surface area contributed by atoms with Crippen LogP contribution in [0.15, 0.2) is 18.2 Å². The van der Waals surface area contributed by atoms with Crippen LogP contribution in [0.1, 0.15) is 5.56 Å². The van der Waals surface area contributed by atoms with Crippen LogP contribution in [0.3, 0.4) is 0 Å². The Balaban J connectivity index is 2.02. The van der Waals surface area contributed by atoms with Crippen molar-refractivity contribution in [1.29, 1.82) is 0 Å². The fourth-order valence-electron chi connectivity index (χ4n) is 1.74. The van der Waals surface area contributed by atoms with Gasteiger partial charge in [-0.1, -0.05) is 0 Å². The van der Waals surface area contributed by atoms with E-state index >= 15 is 0 Å². The summed E-state index contributed by atoms with van der Waals surface area (Å²) in [6.45, 7) is 3.83. The molecule has 1 aliphatic heterocycles. The summed E-state index contributed by atoms with van der Waals surface area (Å²) in [6, 6.07) is 4.16. The minimum atomic E-state index is -0.391. The first-order chi connectivity index (χ1) is 7.24. The third-order valence-electron chi connectivity index (χ3n) is 2.45. The quantitative estimate of drug-likeness (QED) is 0.801. The van der Waals surface area contributed by atoms with Crippen LogP contribution in [-0.4, -0.2) is 36.3 Å². The highest BCUT2D eigenvalue weighted by Gasteiger charge is 2.11.